The van der Waals surface area contributed by atoms with Crippen molar-refractivity contribution >= 4 is 5.78 Å². The van der Waals surface area contributed by atoms with Gasteiger partial charge in [-0.1, -0.05) is 19.1 Å². The summed E-state index contributed by atoms with van der Waals surface area (Å²) in [4.78, 5) is 12.2. The maximum atomic E-state index is 14.1. The number of aliphatic hydroxyl groups is 1. The number of aliphatic hydroxyl groups excluding tert-OH is 1. The first-order valence-electron chi connectivity index (χ1n) is 8.04. The van der Waals surface area contributed by atoms with Gasteiger partial charge in [0.25, 0.3) is 0 Å². The molecule has 2 N–H and O–H groups in total. The van der Waals surface area contributed by atoms with E-state index in [0.717, 1.165) is 18.5 Å². The van der Waals surface area contributed by atoms with Crippen molar-refractivity contribution in [2.75, 3.05) is 19.7 Å². The van der Waals surface area contributed by atoms with Crippen LogP contribution in [0.1, 0.15) is 43.7 Å². The Morgan fingerprint density at radius 3 is 2.82 bits per heavy atom. The molecule has 1 fully saturated rings. The van der Waals surface area contributed by atoms with Crippen molar-refractivity contribution in [1.29, 1.82) is 0 Å². The molecule has 0 amide bonds. The number of hydrogen-bond donors (Lipinski definition) is 2. The molecule has 3 nitrogen and oxygen atoms in total. The van der Waals surface area contributed by atoms with Gasteiger partial charge in [-0.2, -0.15) is 0 Å². The van der Waals surface area contributed by atoms with Crippen LogP contribution in [0.3, 0.4) is 0 Å². The summed E-state index contributed by atoms with van der Waals surface area (Å²) < 4.78 is 14.1. The van der Waals surface area contributed by atoms with Crippen LogP contribution in [0.5, 0.6) is 0 Å². The summed E-state index contributed by atoms with van der Waals surface area (Å²) in [5.41, 5.74) is 1.32. The third kappa shape index (κ3) is 2.95. The molecule has 0 radical (unpaired) electrons. The number of hydrogen-bond acceptors (Lipinski definition) is 3. The summed E-state index contributed by atoms with van der Waals surface area (Å²) in [5.74, 6) is -0.344. The van der Waals surface area contributed by atoms with Crippen LogP contribution in [0.4, 0.5) is 4.39 Å². The minimum absolute atomic E-state index is 0.0564. The molecule has 1 unspecified atom stereocenters. The topological polar surface area (TPSA) is 49.3 Å². The maximum absolute atomic E-state index is 14.1. The van der Waals surface area contributed by atoms with E-state index >= 15 is 0 Å². The normalized spacial score (nSPS) is 28.6. The zero-order valence-electron chi connectivity index (χ0n) is 13.7. The molecule has 2 rings (SSSR count). The van der Waals surface area contributed by atoms with E-state index < -0.39 is 0 Å². The molecule has 122 valence electrons. The lowest BCUT2D eigenvalue weighted by Crippen LogP contribution is -2.52. The zero-order chi connectivity index (χ0) is 16.3. The second-order valence-electron chi connectivity index (χ2n) is 6.47. The number of halogens is 1. The van der Waals surface area contributed by atoms with E-state index in [4.69, 9.17) is 0 Å². The van der Waals surface area contributed by atoms with Crippen molar-refractivity contribution in [2.24, 2.45) is 11.3 Å². The van der Waals surface area contributed by atoms with Crippen molar-refractivity contribution in [1.82, 2.24) is 5.32 Å². The van der Waals surface area contributed by atoms with Gasteiger partial charge in [0.2, 0.25) is 0 Å². The van der Waals surface area contributed by atoms with E-state index in [9.17, 15) is 14.3 Å². The first-order valence-corrected chi connectivity index (χ1v) is 8.04. The third-order valence-corrected chi connectivity index (χ3v) is 5.38. The number of piperidine rings is 1. The standard InChI is InChI=1S/C18H26FNO2/c1-4-18(8-9-21)11-20-10-15(13(3)22)17(18)14-6-5-7-16(19)12(14)2/h5-7,15,17,20-21H,4,8-11H2,1-3H3/t15-,17?,18-/m1/s1. The molecule has 1 aliphatic heterocycles. The number of benzene rings is 1. The van der Waals surface area contributed by atoms with Crippen LogP contribution in [0.25, 0.3) is 0 Å². The first-order chi connectivity index (χ1) is 10.5. The Labute approximate surface area is 131 Å². The van der Waals surface area contributed by atoms with Gasteiger partial charge in [-0.15, -0.1) is 0 Å². The van der Waals surface area contributed by atoms with Crippen LogP contribution < -0.4 is 5.32 Å². The third-order valence-electron chi connectivity index (χ3n) is 5.38. The molecule has 1 saturated heterocycles. The lowest BCUT2D eigenvalue weighted by molar-refractivity contribution is -0.124. The van der Waals surface area contributed by atoms with E-state index in [1.807, 2.05) is 6.07 Å². The molecule has 4 heteroatoms. The molecular weight excluding hydrogens is 281 g/mol. The second kappa shape index (κ2) is 6.88. The van der Waals surface area contributed by atoms with Crippen molar-refractivity contribution < 1.29 is 14.3 Å². The van der Waals surface area contributed by atoms with E-state index in [2.05, 4.69) is 12.2 Å². The van der Waals surface area contributed by atoms with E-state index in [0.29, 0.717) is 18.5 Å². The molecule has 0 saturated carbocycles. The van der Waals surface area contributed by atoms with Crippen LogP contribution >= 0.6 is 0 Å². The van der Waals surface area contributed by atoms with Gasteiger partial charge < -0.3 is 10.4 Å². The molecule has 0 aromatic heterocycles. The van der Waals surface area contributed by atoms with Crippen molar-refractivity contribution in [3.05, 3.63) is 35.1 Å². The summed E-state index contributed by atoms with van der Waals surface area (Å²) in [5, 5.41) is 12.9. The largest absolute Gasteiger partial charge is 0.396 e. The maximum Gasteiger partial charge on any atom is 0.134 e. The minimum atomic E-state index is -0.229. The fourth-order valence-corrected chi connectivity index (χ4v) is 4.01. The van der Waals surface area contributed by atoms with Gasteiger partial charge in [0.1, 0.15) is 11.6 Å². The molecule has 1 aromatic carbocycles. The summed E-state index contributed by atoms with van der Waals surface area (Å²) in [6.07, 6.45) is 1.45. The number of ketones is 1. The average Bonchev–Trinajstić information content (AvgIpc) is 2.50. The molecule has 3 atom stereocenters. The molecule has 0 aliphatic carbocycles. The predicted molar refractivity (Wildman–Crippen MR) is 85.3 cm³/mol. The van der Waals surface area contributed by atoms with Gasteiger partial charge >= 0.3 is 0 Å². The summed E-state index contributed by atoms with van der Waals surface area (Å²) >= 11 is 0. The van der Waals surface area contributed by atoms with Gasteiger partial charge in [-0.25, -0.2) is 4.39 Å². The summed E-state index contributed by atoms with van der Waals surface area (Å²) in [6, 6.07) is 5.12. The Morgan fingerprint density at radius 1 is 1.50 bits per heavy atom. The highest BCUT2D eigenvalue weighted by Gasteiger charge is 2.46. The summed E-state index contributed by atoms with van der Waals surface area (Å²) in [6.45, 7) is 6.91. The smallest absolute Gasteiger partial charge is 0.134 e. The van der Waals surface area contributed by atoms with Gasteiger partial charge in [0.15, 0.2) is 0 Å². The lowest BCUT2D eigenvalue weighted by atomic mass is 9.60. The van der Waals surface area contributed by atoms with Crippen LogP contribution in [0.15, 0.2) is 18.2 Å². The molecule has 1 aliphatic rings. The summed E-state index contributed by atoms with van der Waals surface area (Å²) in [7, 11) is 0. The number of carbonyl (C=O) groups is 1. The lowest BCUT2D eigenvalue weighted by Gasteiger charge is -2.48. The van der Waals surface area contributed by atoms with Crippen LogP contribution in [-0.2, 0) is 4.79 Å². The SMILES string of the molecule is CC[C@@]1(CCO)CNC[C@H](C(C)=O)C1c1cccc(F)c1C. The Balaban J connectivity index is 2.58. The monoisotopic (exact) mass is 307 g/mol. The Morgan fingerprint density at radius 2 is 2.23 bits per heavy atom. The Hall–Kier alpha value is -1.26. The Bertz CT molecular complexity index is 542. The zero-order valence-corrected chi connectivity index (χ0v) is 13.7. The predicted octanol–water partition coefficient (Wildman–Crippen LogP) is 2.80. The quantitative estimate of drug-likeness (QED) is 0.879. The fraction of sp³-hybridized carbons (Fsp3) is 0.611. The van der Waals surface area contributed by atoms with Crippen molar-refractivity contribution in [3.8, 4) is 0 Å². The van der Waals surface area contributed by atoms with Gasteiger partial charge in [-0.05, 0) is 49.3 Å². The second-order valence-corrected chi connectivity index (χ2v) is 6.47. The average molecular weight is 307 g/mol. The fourth-order valence-electron chi connectivity index (χ4n) is 4.01. The molecule has 1 heterocycles. The van der Waals surface area contributed by atoms with E-state index in [1.165, 1.54) is 6.07 Å². The molecule has 1 aromatic rings. The highest BCUT2D eigenvalue weighted by Crippen LogP contribution is 2.49. The highest BCUT2D eigenvalue weighted by atomic mass is 19.1. The minimum Gasteiger partial charge on any atom is -0.396 e. The molecule has 0 spiro atoms. The number of rotatable bonds is 5. The number of carbonyl (C=O) groups excluding carboxylic acids is 1. The van der Waals surface area contributed by atoms with Gasteiger partial charge in [0, 0.05) is 31.5 Å². The van der Waals surface area contributed by atoms with E-state index in [1.54, 1.807) is 19.9 Å². The van der Waals surface area contributed by atoms with Crippen molar-refractivity contribution in [3.63, 3.8) is 0 Å². The van der Waals surface area contributed by atoms with E-state index in [-0.39, 0.29) is 35.5 Å². The van der Waals surface area contributed by atoms with Gasteiger partial charge in [-0.3, -0.25) is 4.79 Å². The molecular formula is C18H26FNO2. The molecule has 22 heavy (non-hydrogen) atoms. The molecule has 0 bridgehead atoms. The van der Waals surface area contributed by atoms with Gasteiger partial charge in [0.05, 0.1) is 0 Å². The van der Waals surface area contributed by atoms with Crippen LogP contribution in [0.2, 0.25) is 0 Å². The first kappa shape index (κ1) is 17.1. The number of Topliss-reactive ketones (excluding diaryl/α,β-unsaturated/α-hetero) is 1. The van der Waals surface area contributed by atoms with Crippen LogP contribution in [0, 0.1) is 24.1 Å². The van der Waals surface area contributed by atoms with Crippen molar-refractivity contribution in [2.45, 2.75) is 39.5 Å². The highest BCUT2D eigenvalue weighted by molar-refractivity contribution is 5.80. The number of nitrogens with one attached hydrogen (secondary N) is 1. The van der Waals surface area contributed by atoms with Crippen LogP contribution in [-0.4, -0.2) is 30.6 Å². The Kier molecular flexibility index (Phi) is 5.35.